The summed E-state index contributed by atoms with van der Waals surface area (Å²) in [7, 11) is 1.95. The molecule has 0 aliphatic rings. The second-order valence-corrected chi connectivity index (χ2v) is 5.96. The first-order valence-electron chi connectivity index (χ1n) is 6.34. The topological polar surface area (TPSA) is 68.5 Å². The molecule has 0 fully saturated rings. The summed E-state index contributed by atoms with van der Waals surface area (Å²) in [4.78, 5) is 8.94. The molecule has 0 aliphatic heterocycles. The van der Waals surface area contributed by atoms with Crippen molar-refractivity contribution in [2.45, 2.75) is 35.6 Å². The number of anilines is 1. The van der Waals surface area contributed by atoms with E-state index < -0.39 is 0 Å². The van der Waals surface area contributed by atoms with E-state index in [0.717, 1.165) is 39.9 Å². The Balaban J connectivity index is 2.23. The highest BCUT2D eigenvalue weighted by molar-refractivity contribution is 7.99. The molecule has 0 radical (unpaired) electrons. The molecule has 2 rings (SSSR count). The molecule has 8 heteroatoms. The van der Waals surface area contributed by atoms with Crippen molar-refractivity contribution >= 4 is 29.3 Å². The van der Waals surface area contributed by atoms with Gasteiger partial charge < -0.3 is 9.88 Å². The van der Waals surface area contributed by atoms with E-state index in [2.05, 4.69) is 32.4 Å². The van der Waals surface area contributed by atoms with Gasteiger partial charge in [-0.2, -0.15) is 0 Å². The van der Waals surface area contributed by atoms with Gasteiger partial charge in [-0.15, -0.1) is 10.2 Å². The van der Waals surface area contributed by atoms with Crippen molar-refractivity contribution in [2.75, 3.05) is 18.1 Å². The predicted octanol–water partition coefficient (Wildman–Crippen LogP) is 2.61. The zero-order chi connectivity index (χ0) is 14.5. The average molecular weight is 310 g/mol. The SMILES string of the molecule is CCCNc1cc(Sc2nnc(C)n2C)nc(SC)n1. The summed E-state index contributed by atoms with van der Waals surface area (Å²) < 4.78 is 1.95. The van der Waals surface area contributed by atoms with E-state index >= 15 is 0 Å². The van der Waals surface area contributed by atoms with E-state index in [1.165, 1.54) is 23.5 Å². The molecule has 0 unspecified atom stereocenters. The lowest BCUT2D eigenvalue weighted by Gasteiger charge is -2.07. The molecule has 0 saturated heterocycles. The number of hydrogen-bond donors (Lipinski definition) is 1. The molecule has 2 heterocycles. The summed E-state index contributed by atoms with van der Waals surface area (Å²) in [6, 6.07) is 1.95. The fraction of sp³-hybridized carbons (Fsp3) is 0.500. The van der Waals surface area contributed by atoms with Crippen molar-refractivity contribution in [1.82, 2.24) is 24.7 Å². The quantitative estimate of drug-likeness (QED) is 0.499. The van der Waals surface area contributed by atoms with Crippen LogP contribution in [-0.2, 0) is 7.05 Å². The number of aryl methyl sites for hydroxylation is 1. The maximum Gasteiger partial charge on any atom is 0.197 e. The highest BCUT2D eigenvalue weighted by Crippen LogP contribution is 2.27. The molecule has 2 aromatic heterocycles. The van der Waals surface area contributed by atoms with Gasteiger partial charge in [0, 0.05) is 19.7 Å². The molecule has 1 N–H and O–H groups in total. The summed E-state index contributed by atoms with van der Waals surface area (Å²) in [6.07, 6.45) is 3.03. The lowest BCUT2D eigenvalue weighted by molar-refractivity contribution is 0.762. The van der Waals surface area contributed by atoms with Crippen LogP contribution in [-0.4, -0.2) is 37.5 Å². The van der Waals surface area contributed by atoms with Gasteiger partial charge in [0.25, 0.3) is 0 Å². The standard InChI is InChI=1S/C12H18N6S2/c1-5-6-13-9-7-10(15-11(14-9)19-4)20-12-17-16-8(2)18(12)3/h7H,5-6H2,1-4H3,(H,13,14,15). The van der Waals surface area contributed by atoms with Crippen molar-refractivity contribution in [3.63, 3.8) is 0 Å². The number of rotatable bonds is 6. The van der Waals surface area contributed by atoms with Gasteiger partial charge in [-0.25, -0.2) is 9.97 Å². The Kier molecular flexibility index (Phi) is 5.24. The number of aromatic nitrogens is 5. The zero-order valence-electron chi connectivity index (χ0n) is 12.0. The Morgan fingerprint density at radius 2 is 2.10 bits per heavy atom. The smallest absolute Gasteiger partial charge is 0.197 e. The van der Waals surface area contributed by atoms with E-state index in [0.29, 0.717) is 0 Å². The lowest BCUT2D eigenvalue weighted by Crippen LogP contribution is -2.04. The summed E-state index contributed by atoms with van der Waals surface area (Å²) in [6.45, 7) is 4.96. The second kappa shape index (κ2) is 6.94. The van der Waals surface area contributed by atoms with Crippen LogP contribution in [0.1, 0.15) is 19.2 Å². The number of nitrogens with one attached hydrogen (secondary N) is 1. The third kappa shape index (κ3) is 3.63. The first kappa shape index (κ1) is 15.1. The summed E-state index contributed by atoms with van der Waals surface area (Å²) in [5.41, 5.74) is 0. The Morgan fingerprint density at radius 1 is 1.30 bits per heavy atom. The first-order valence-corrected chi connectivity index (χ1v) is 8.39. The van der Waals surface area contributed by atoms with E-state index in [4.69, 9.17) is 0 Å². The van der Waals surface area contributed by atoms with Crippen LogP contribution < -0.4 is 5.32 Å². The molecular formula is C12H18N6S2. The Labute approximate surface area is 127 Å². The van der Waals surface area contributed by atoms with E-state index in [-0.39, 0.29) is 0 Å². The summed E-state index contributed by atoms with van der Waals surface area (Å²) in [5.74, 6) is 1.74. The van der Waals surface area contributed by atoms with E-state index in [9.17, 15) is 0 Å². The molecule has 0 atom stereocenters. The molecule has 0 amide bonds. The second-order valence-electron chi connectivity index (χ2n) is 4.20. The first-order chi connectivity index (χ1) is 9.63. The van der Waals surface area contributed by atoms with Crippen LogP contribution in [0.25, 0.3) is 0 Å². The van der Waals surface area contributed by atoms with Crippen LogP contribution in [0.5, 0.6) is 0 Å². The van der Waals surface area contributed by atoms with Gasteiger partial charge in [0.15, 0.2) is 10.3 Å². The number of thioether (sulfide) groups is 1. The van der Waals surface area contributed by atoms with Crippen molar-refractivity contribution in [3.05, 3.63) is 11.9 Å². The molecule has 6 nitrogen and oxygen atoms in total. The van der Waals surface area contributed by atoms with Gasteiger partial charge in [0.1, 0.15) is 16.7 Å². The van der Waals surface area contributed by atoms with Gasteiger partial charge in [-0.1, -0.05) is 18.7 Å². The molecule has 20 heavy (non-hydrogen) atoms. The summed E-state index contributed by atoms with van der Waals surface area (Å²) >= 11 is 3.03. The summed E-state index contributed by atoms with van der Waals surface area (Å²) in [5, 5.41) is 14.0. The molecule has 0 aliphatic carbocycles. The van der Waals surface area contributed by atoms with Crippen molar-refractivity contribution in [1.29, 1.82) is 0 Å². The monoisotopic (exact) mass is 310 g/mol. The van der Waals surface area contributed by atoms with Crippen LogP contribution >= 0.6 is 23.5 Å². The zero-order valence-corrected chi connectivity index (χ0v) is 13.7. The highest BCUT2D eigenvalue weighted by atomic mass is 32.2. The van der Waals surface area contributed by atoms with Gasteiger partial charge >= 0.3 is 0 Å². The minimum atomic E-state index is 0.757. The van der Waals surface area contributed by atoms with Crippen molar-refractivity contribution < 1.29 is 0 Å². The fourth-order valence-electron chi connectivity index (χ4n) is 1.46. The van der Waals surface area contributed by atoms with E-state index in [1.54, 1.807) is 0 Å². The Hall–Kier alpha value is -1.28. The average Bonchev–Trinajstić information content (AvgIpc) is 2.77. The largest absolute Gasteiger partial charge is 0.370 e. The minimum Gasteiger partial charge on any atom is -0.370 e. The maximum absolute atomic E-state index is 4.50. The van der Waals surface area contributed by atoms with Gasteiger partial charge in [0.05, 0.1) is 0 Å². The normalized spacial score (nSPS) is 10.8. The van der Waals surface area contributed by atoms with Crippen molar-refractivity contribution in [2.24, 2.45) is 7.05 Å². The molecule has 0 spiro atoms. The van der Waals surface area contributed by atoms with Crippen LogP contribution in [0.4, 0.5) is 5.82 Å². The number of hydrogen-bond acceptors (Lipinski definition) is 7. The van der Waals surface area contributed by atoms with Crippen LogP contribution in [0.3, 0.4) is 0 Å². The third-order valence-corrected chi connectivity index (χ3v) is 4.17. The van der Waals surface area contributed by atoms with Gasteiger partial charge in [-0.05, 0) is 31.4 Å². The predicted molar refractivity (Wildman–Crippen MR) is 82.5 cm³/mol. The molecule has 0 bridgehead atoms. The highest BCUT2D eigenvalue weighted by Gasteiger charge is 2.10. The number of nitrogens with zero attached hydrogens (tertiary/aromatic N) is 5. The van der Waals surface area contributed by atoms with Crippen molar-refractivity contribution in [3.8, 4) is 0 Å². The maximum atomic E-state index is 4.50. The molecule has 0 aromatic carbocycles. The Morgan fingerprint density at radius 3 is 2.70 bits per heavy atom. The fourth-order valence-corrected chi connectivity index (χ4v) is 2.74. The molecular weight excluding hydrogens is 292 g/mol. The Bertz CT molecular complexity index is 583. The van der Waals surface area contributed by atoms with Crippen LogP contribution in [0, 0.1) is 6.92 Å². The van der Waals surface area contributed by atoms with Crippen LogP contribution in [0.15, 0.2) is 21.4 Å². The molecule has 0 saturated carbocycles. The van der Waals surface area contributed by atoms with Gasteiger partial charge in [0.2, 0.25) is 0 Å². The third-order valence-electron chi connectivity index (χ3n) is 2.67. The van der Waals surface area contributed by atoms with E-state index in [1.807, 2.05) is 30.9 Å². The van der Waals surface area contributed by atoms with Gasteiger partial charge in [-0.3, -0.25) is 0 Å². The van der Waals surface area contributed by atoms with Crippen LogP contribution in [0.2, 0.25) is 0 Å². The molecule has 2 aromatic rings. The lowest BCUT2D eigenvalue weighted by atomic mass is 10.4. The minimum absolute atomic E-state index is 0.757. The molecule has 108 valence electrons.